The highest BCUT2D eigenvalue weighted by Gasteiger charge is 2.24. The maximum absolute atomic E-state index is 12.5. The zero-order valence-corrected chi connectivity index (χ0v) is 13.6. The van der Waals surface area contributed by atoms with E-state index < -0.39 is 10.0 Å². The second kappa shape index (κ2) is 7.99. The first-order chi connectivity index (χ1) is 9.06. The van der Waals surface area contributed by atoms with Gasteiger partial charge in [0.2, 0.25) is 0 Å². The van der Waals surface area contributed by atoms with Crippen LogP contribution in [0.2, 0.25) is 0 Å². The van der Waals surface area contributed by atoms with Crippen LogP contribution in [0.4, 0.5) is 0 Å². The van der Waals surface area contributed by atoms with Crippen LogP contribution in [0.25, 0.3) is 0 Å². The van der Waals surface area contributed by atoms with Crippen molar-refractivity contribution in [2.24, 2.45) is 0 Å². The van der Waals surface area contributed by atoms with Gasteiger partial charge in [-0.2, -0.15) is 4.31 Å². The molecular formula is C13H24N2O2S2. The molecule has 0 spiro atoms. The maximum atomic E-state index is 12.5. The highest BCUT2D eigenvalue weighted by Crippen LogP contribution is 2.25. The van der Waals surface area contributed by atoms with Gasteiger partial charge in [0.05, 0.1) is 0 Å². The first kappa shape index (κ1) is 16.6. The molecule has 0 saturated carbocycles. The fourth-order valence-electron chi connectivity index (χ4n) is 1.82. The lowest BCUT2D eigenvalue weighted by Crippen LogP contribution is -2.32. The quantitative estimate of drug-likeness (QED) is 0.763. The summed E-state index contributed by atoms with van der Waals surface area (Å²) in [5.74, 6) is 0. The zero-order valence-electron chi connectivity index (χ0n) is 12.0. The Labute approximate surface area is 120 Å². The van der Waals surface area contributed by atoms with Crippen LogP contribution >= 0.6 is 11.3 Å². The summed E-state index contributed by atoms with van der Waals surface area (Å²) < 4.78 is 27.1. The molecule has 0 atom stereocenters. The number of nitrogens with zero attached hydrogens (tertiary/aromatic N) is 1. The molecule has 0 bridgehead atoms. The molecule has 0 aromatic carbocycles. The van der Waals surface area contributed by atoms with E-state index in [0.717, 1.165) is 30.8 Å². The van der Waals surface area contributed by atoms with Gasteiger partial charge >= 0.3 is 0 Å². The largest absolute Gasteiger partial charge is 0.312 e. The number of hydrogen-bond acceptors (Lipinski definition) is 4. The Bertz CT molecular complexity index is 463. The van der Waals surface area contributed by atoms with E-state index in [1.165, 1.54) is 11.3 Å². The third-order valence-corrected chi connectivity index (χ3v) is 6.18. The number of hydrogen-bond donors (Lipinski definition) is 1. The Balaban J connectivity index is 2.88. The van der Waals surface area contributed by atoms with Crippen molar-refractivity contribution in [2.45, 2.75) is 44.4 Å². The van der Waals surface area contributed by atoms with Gasteiger partial charge < -0.3 is 5.32 Å². The molecule has 0 unspecified atom stereocenters. The Morgan fingerprint density at radius 2 is 1.79 bits per heavy atom. The molecule has 4 nitrogen and oxygen atoms in total. The summed E-state index contributed by atoms with van der Waals surface area (Å²) in [6.45, 7) is 8.85. The van der Waals surface area contributed by atoms with E-state index in [2.05, 4.69) is 5.32 Å². The molecule has 1 heterocycles. The minimum absolute atomic E-state index is 0.460. The molecule has 110 valence electrons. The monoisotopic (exact) mass is 304 g/mol. The van der Waals surface area contributed by atoms with Crippen LogP contribution in [0.15, 0.2) is 16.3 Å². The van der Waals surface area contributed by atoms with Crippen LogP contribution in [0.1, 0.15) is 38.5 Å². The average molecular weight is 304 g/mol. The second-order valence-corrected chi connectivity index (χ2v) is 7.74. The zero-order chi connectivity index (χ0) is 14.3. The third kappa shape index (κ3) is 4.56. The molecule has 0 saturated heterocycles. The van der Waals surface area contributed by atoms with Gasteiger partial charge in [-0.3, -0.25) is 0 Å². The minimum Gasteiger partial charge on any atom is -0.312 e. The SMILES string of the molecule is CCCN(CCC)S(=O)(=O)c1ccc(CNCC)s1. The molecular weight excluding hydrogens is 280 g/mol. The smallest absolute Gasteiger partial charge is 0.252 e. The van der Waals surface area contributed by atoms with E-state index in [9.17, 15) is 8.42 Å². The van der Waals surface area contributed by atoms with Crippen LogP contribution in [-0.4, -0.2) is 32.4 Å². The summed E-state index contributed by atoms with van der Waals surface area (Å²) in [4.78, 5) is 1.06. The molecule has 19 heavy (non-hydrogen) atoms. The third-order valence-electron chi connectivity index (χ3n) is 2.73. The van der Waals surface area contributed by atoms with Crippen molar-refractivity contribution in [1.82, 2.24) is 9.62 Å². The van der Waals surface area contributed by atoms with E-state index >= 15 is 0 Å². The lowest BCUT2D eigenvalue weighted by molar-refractivity contribution is 0.411. The molecule has 0 aliphatic heterocycles. The van der Waals surface area contributed by atoms with Crippen molar-refractivity contribution in [2.75, 3.05) is 19.6 Å². The number of thiophene rings is 1. The number of sulfonamides is 1. The highest BCUT2D eigenvalue weighted by molar-refractivity contribution is 7.91. The van der Waals surface area contributed by atoms with Crippen molar-refractivity contribution >= 4 is 21.4 Å². The Hall–Kier alpha value is -0.430. The number of nitrogens with one attached hydrogen (secondary N) is 1. The van der Waals surface area contributed by atoms with E-state index in [4.69, 9.17) is 0 Å². The number of rotatable bonds is 9. The fraction of sp³-hybridized carbons (Fsp3) is 0.692. The Morgan fingerprint density at radius 1 is 1.16 bits per heavy atom. The van der Waals surface area contributed by atoms with Crippen molar-refractivity contribution < 1.29 is 8.42 Å². The molecule has 0 aliphatic carbocycles. The van der Waals surface area contributed by atoms with Crippen LogP contribution in [-0.2, 0) is 16.6 Å². The van der Waals surface area contributed by atoms with Gasteiger partial charge in [0.15, 0.2) is 0 Å². The molecule has 1 aromatic heterocycles. The van der Waals surface area contributed by atoms with Crippen LogP contribution < -0.4 is 5.32 Å². The van der Waals surface area contributed by atoms with E-state index in [-0.39, 0.29) is 0 Å². The van der Waals surface area contributed by atoms with Crippen molar-refractivity contribution in [3.05, 3.63) is 17.0 Å². The highest BCUT2D eigenvalue weighted by atomic mass is 32.2. The molecule has 0 aliphatic rings. The van der Waals surface area contributed by atoms with Crippen molar-refractivity contribution in [3.63, 3.8) is 0 Å². The summed E-state index contributed by atoms with van der Waals surface area (Å²) in [6.07, 6.45) is 1.68. The van der Waals surface area contributed by atoms with Crippen LogP contribution in [0.5, 0.6) is 0 Å². The van der Waals surface area contributed by atoms with Crippen LogP contribution in [0.3, 0.4) is 0 Å². The van der Waals surface area contributed by atoms with Gasteiger partial charge in [0, 0.05) is 24.5 Å². The molecule has 1 N–H and O–H groups in total. The normalized spacial score (nSPS) is 12.2. The van der Waals surface area contributed by atoms with Gasteiger partial charge in [0.1, 0.15) is 4.21 Å². The van der Waals surface area contributed by atoms with Gasteiger partial charge in [-0.25, -0.2) is 8.42 Å². The van der Waals surface area contributed by atoms with Gasteiger partial charge in [-0.15, -0.1) is 11.3 Å². The standard InChI is InChI=1S/C13H24N2O2S2/c1-4-9-15(10-5-2)19(16,17)13-8-7-12(18-13)11-14-6-3/h7-8,14H,4-6,9-11H2,1-3H3. The minimum atomic E-state index is -3.31. The van der Waals surface area contributed by atoms with Crippen molar-refractivity contribution in [1.29, 1.82) is 0 Å². The first-order valence-electron chi connectivity index (χ1n) is 6.85. The summed E-state index contributed by atoms with van der Waals surface area (Å²) in [7, 11) is -3.31. The van der Waals surface area contributed by atoms with Gasteiger partial charge in [-0.05, 0) is 31.5 Å². The van der Waals surface area contributed by atoms with E-state index in [1.54, 1.807) is 10.4 Å². The predicted molar refractivity (Wildman–Crippen MR) is 81.0 cm³/mol. The molecule has 0 fully saturated rings. The molecule has 0 amide bonds. The molecule has 6 heteroatoms. The maximum Gasteiger partial charge on any atom is 0.252 e. The van der Waals surface area contributed by atoms with E-state index in [0.29, 0.717) is 17.3 Å². The lowest BCUT2D eigenvalue weighted by Gasteiger charge is -2.19. The summed E-state index contributed by atoms with van der Waals surface area (Å²) in [5, 5.41) is 3.21. The summed E-state index contributed by atoms with van der Waals surface area (Å²) in [5.41, 5.74) is 0. The second-order valence-electron chi connectivity index (χ2n) is 4.41. The topological polar surface area (TPSA) is 49.4 Å². The predicted octanol–water partition coefficient (Wildman–Crippen LogP) is 2.67. The average Bonchev–Trinajstić information content (AvgIpc) is 2.85. The summed E-state index contributed by atoms with van der Waals surface area (Å²) >= 11 is 1.37. The van der Waals surface area contributed by atoms with Gasteiger partial charge in [0.25, 0.3) is 10.0 Å². The van der Waals surface area contributed by atoms with Crippen molar-refractivity contribution in [3.8, 4) is 0 Å². The fourth-order valence-corrected chi connectivity index (χ4v) is 4.92. The summed E-state index contributed by atoms with van der Waals surface area (Å²) in [6, 6.07) is 3.63. The molecule has 0 radical (unpaired) electrons. The molecule has 1 rings (SSSR count). The van der Waals surface area contributed by atoms with E-state index in [1.807, 2.05) is 26.8 Å². The lowest BCUT2D eigenvalue weighted by atomic mass is 10.4. The Kier molecular flexibility index (Phi) is 6.99. The first-order valence-corrected chi connectivity index (χ1v) is 9.11. The van der Waals surface area contributed by atoms with Crippen LogP contribution in [0, 0.1) is 0 Å². The Morgan fingerprint density at radius 3 is 2.32 bits per heavy atom. The van der Waals surface area contributed by atoms with Gasteiger partial charge in [-0.1, -0.05) is 20.8 Å². The molecule has 1 aromatic rings.